The van der Waals surface area contributed by atoms with Crippen molar-refractivity contribution in [1.29, 1.82) is 0 Å². The average Bonchev–Trinajstić information content (AvgIpc) is 2.21. The zero-order valence-corrected chi connectivity index (χ0v) is 9.80. The van der Waals surface area contributed by atoms with Gasteiger partial charge >= 0.3 is 0 Å². The number of amides is 1. The molecule has 0 aliphatic heterocycles. The molecule has 1 unspecified atom stereocenters. The Morgan fingerprint density at radius 1 is 1.62 bits per heavy atom. The van der Waals surface area contributed by atoms with Crippen molar-refractivity contribution in [2.75, 3.05) is 6.61 Å². The summed E-state index contributed by atoms with van der Waals surface area (Å²) in [6, 6.07) is 3.86. The van der Waals surface area contributed by atoms with E-state index in [1.54, 1.807) is 6.92 Å². The quantitative estimate of drug-likeness (QED) is 0.704. The molecular formula is C11H14FNO2S. The Labute approximate surface area is 99.1 Å². The van der Waals surface area contributed by atoms with E-state index in [-0.39, 0.29) is 18.2 Å². The topological polar surface area (TPSA) is 49.3 Å². The highest BCUT2D eigenvalue weighted by Crippen LogP contribution is 2.13. The molecule has 0 spiro atoms. The molecular weight excluding hydrogens is 229 g/mol. The zero-order valence-electron chi connectivity index (χ0n) is 8.90. The second-order valence-corrected chi connectivity index (χ2v) is 4.07. The minimum Gasteiger partial charge on any atom is -0.396 e. The Bertz CT molecular complexity index is 384. The first-order valence-corrected chi connectivity index (χ1v) is 5.39. The maximum atomic E-state index is 13.3. The van der Waals surface area contributed by atoms with Crippen molar-refractivity contribution in [1.82, 2.24) is 5.32 Å². The van der Waals surface area contributed by atoms with Gasteiger partial charge in [0.15, 0.2) is 0 Å². The molecule has 1 aromatic carbocycles. The normalized spacial score (nSPS) is 12.2. The van der Waals surface area contributed by atoms with Crippen LogP contribution in [0.1, 0.15) is 23.7 Å². The lowest BCUT2D eigenvalue weighted by atomic mass is 10.1. The van der Waals surface area contributed by atoms with E-state index >= 15 is 0 Å². The van der Waals surface area contributed by atoms with E-state index in [0.29, 0.717) is 11.3 Å². The van der Waals surface area contributed by atoms with E-state index in [1.807, 2.05) is 0 Å². The molecule has 1 atom stereocenters. The van der Waals surface area contributed by atoms with Gasteiger partial charge in [0.05, 0.1) is 5.56 Å². The molecule has 1 aromatic rings. The van der Waals surface area contributed by atoms with Crippen molar-refractivity contribution < 1.29 is 14.3 Å². The molecule has 2 N–H and O–H groups in total. The van der Waals surface area contributed by atoms with Crippen molar-refractivity contribution in [3.63, 3.8) is 0 Å². The van der Waals surface area contributed by atoms with Crippen LogP contribution in [-0.4, -0.2) is 23.7 Å². The Hall–Kier alpha value is -1.07. The molecule has 5 heteroatoms. The summed E-state index contributed by atoms with van der Waals surface area (Å²) >= 11 is 4.04. The fraction of sp³-hybridized carbons (Fsp3) is 0.364. The number of benzene rings is 1. The van der Waals surface area contributed by atoms with Gasteiger partial charge in [-0.2, -0.15) is 0 Å². The number of carbonyl (C=O) groups is 1. The number of thiol groups is 1. The van der Waals surface area contributed by atoms with Crippen LogP contribution >= 0.6 is 12.6 Å². The molecule has 0 aliphatic rings. The predicted molar refractivity (Wildman–Crippen MR) is 62.3 cm³/mol. The molecule has 0 saturated carbocycles. The number of aliphatic hydroxyl groups is 1. The molecule has 0 bridgehead atoms. The summed E-state index contributed by atoms with van der Waals surface area (Å²) in [5.41, 5.74) is -0.0303. The molecule has 1 rings (SSSR count). The maximum absolute atomic E-state index is 13.3. The largest absolute Gasteiger partial charge is 0.396 e. The third-order valence-electron chi connectivity index (χ3n) is 2.13. The Kier molecular flexibility index (Phi) is 4.76. The minimum atomic E-state index is -0.577. The van der Waals surface area contributed by atoms with E-state index in [4.69, 9.17) is 5.11 Å². The second kappa shape index (κ2) is 5.86. The molecule has 0 heterocycles. The summed E-state index contributed by atoms with van der Waals surface area (Å²) in [5.74, 6) is -1.07. The first kappa shape index (κ1) is 13.0. The highest BCUT2D eigenvalue weighted by atomic mass is 32.1. The molecule has 0 aromatic heterocycles. The third kappa shape index (κ3) is 3.50. The summed E-state index contributed by atoms with van der Waals surface area (Å²) in [5, 5.41) is 11.3. The summed E-state index contributed by atoms with van der Waals surface area (Å²) in [4.78, 5) is 12.2. The van der Waals surface area contributed by atoms with Crippen LogP contribution < -0.4 is 5.32 Å². The fourth-order valence-corrected chi connectivity index (χ4v) is 1.46. The average molecular weight is 243 g/mol. The lowest BCUT2D eigenvalue weighted by molar-refractivity contribution is 0.0930. The Morgan fingerprint density at radius 2 is 2.31 bits per heavy atom. The smallest absolute Gasteiger partial charge is 0.254 e. The van der Waals surface area contributed by atoms with Crippen molar-refractivity contribution in [2.45, 2.75) is 24.3 Å². The first-order chi connectivity index (χ1) is 7.54. The molecule has 0 fully saturated rings. The van der Waals surface area contributed by atoms with Crippen LogP contribution in [-0.2, 0) is 0 Å². The SMILES string of the molecule is CC(CCO)NC(=O)c1cc(S)ccc1F. The molecule has 88 valence electrons. The van der Waals surface area contributed by atoms with Crippen LogP contribution in [0.5, 0.6) is 0 Å². The van der Waals surface area contributed by atoms with Gasteiger partial charge in [-0.1, -0.05) is 0 Å². The van der Waals surface area contributed by atoms with Gasteiger partial charge in [0.2, 0.25) is 0 Å². The summed E-state index contributed by atoms with van der Waals surface area (Å²) in [6.45, 7) is 1.73. The predicted octanol–water partition coefficient (Wildman–Crippen LogP) is 1.62. The molecule has 1 amide bonds. The van der Waals surface area contributed by atoms with Gasteiger partial charge in [-0.05, 0) is 31.5 Å². The number of carbonyl (C=O) groups excluding carboxylic acids is 1. The fourth-order valence-electron chi connectivity index (χ4n) is 1.25. The Balaban J connectivity index is 2.76. The molecule has 0 radical (unpaired) electrons. The van der Waals surface area contributed by atoms with Crippen molar-refractivity contribution in [2.24, 2.45) is 0 Å². The number of nitrogens with one attached hydrogen (secondary N) is 1. The number of hydrogen-bond donors (Lipinski definition) is 3. The van der Waals surface area contributed by atoms with Gasteiger partial charge in [-0.3, -0.25) is 4.79 Å². The summed E-state index contributed by atoms with van der Waals surface area (Å²) in [6.07, 6.45) is 0.438. The van der Waals surface area contributed by atoms with Gasteiger partial charge < -0.3 is 10.4 Å². The summed E-state index contributed by atoms with van der Waals surface area (Å²) in [7, 11) is 0. The highest BCUT2D eigenvalue weighted by molar-refractivity contribution is 7.80. The molecule has 0 saturated heterocycles. The van der Waals surface area contributed by atoms with Crippen LogP contribution in [0, 0.1) is 5.82 Å². The van der Waals surface area contributed by atoms with E-state index in [9.17, 15) is 9.18 Å². The number of hydrogen-bond acceptors (Lipinski definition) is 3. The van der Waals surface area contributed by atoms with Gasteiger partial charge in [0.25, 0.3) is 5.91 Å². The minimum absolute atomic E-state index is 0.0173. The first-order valence-electron chi connectivity index (χ1n) is 4.95. The van der Waals surface area contributed by atoms with E-state index in [0.717, 1.165) is 0 Å². The standard InChI is InChI=1S/C11H14FNO2S/c1-7(4-5-14)13-11(15)9-6-8(16)2-3-10(9)12/h2-3,6-7,14,16H,4-5H2,1H3,(H,13,15). The lowest BCUT2D eigenvalue weighted by Crippen LogP contribution is -2.33. The zero-order chi connectivity index (χ0) is 12.1. The van der Waals surface area contributed by atoms with Crippen molar-refractivity contribution in [3.05, 3.63) is 29.6 Å². The number of rotatable bonds is 4. The van der Waals surface area contributed by atoms with E-state index < -0.39 is 11.7 Å². The van der Waals surface area contributed by atoms with Gasteiger partial charge in [0, 0.05) is 17.5 Å². The van der Waals surface area contributed by atoms with Crippen LogP contribution in [0.15, 0.2) is 23.1 Å². The van der Waals surface area contributed by atoms with Crippen molar-refractivity contribution >= 4 is 18.5 Å². The number of halogens is 1. The van der Waals surface area contributed by atoms with Crippen LogP contribution in [0.25, 0.3) is 0 Å². The Morgan fingerprint density at radius 3 is 2.94 bits per heavy atom. The molecule has 0 aliphatic carbocycles. The summed E-state index contributed by atoms with van der Waals surface area (Å²) < 4.78 is 13.3. The van der Waals surface area contributed by atoms with E-state index in [1.165, 1.54) is 18.2 Å². The van der Waals surface area contributed by atoms with Crippen LogP contribution in [0.3, 0.4) is 0 Å². The monoisotopic (exact) mass is 243 g/mol. The number of aliphatic hydroxyl groups excluding tert-OH is 1. The van der Waals surface area contributed by atoms with Gasteiger partial charge in [-0.25, -0.2) is 4.39 Å². The highest BCUT2D eigenvalue weighted by Gasteiger charge is 2.13. The van der Waals surface area contributed by atoms with Gasteiger partial charge in [0.1, 0.15) is 5.82 Å². The molecule has 16 heavy (non-hydrogen) atoms. The maximum Gasteiger partial charge on any atom is 0.254 e. The van der Waals surface area contributed by atoms with Crippen LogP contribution in [0.4, 0.5) is 4.39 Å². The second-order valence-electron chi connectivity index (χ2n) is 3.55. The van der Waals surface area contributed by atoms with E-state index in [2.05, 4.69) is 17.9 Å². The lowest BCUT2D eigenvalue weighted by Gasteiger charge is -2.12. The van der Waals surface area contributed by atoms with Gasteiger partial charge in [-0.15, -0.1) is 12.6 Å². The van der Waals surface area contributed by atoms with Crippen LogP contribution in [0.2, 0.25) is 0 Å². The molecule has 3 nitrogen and oxygen atoms in total. The third-order valence-corrected chi connectivity index (χ3v) is 2.41. The van der Waals surface area contributed by atoms with Crippen molar-refractivity contribution in [3.8, 4) is 0 Å².